The number of unbranched alkanes of at least 4 members (excludes halogenated alkanes) is 1. The van der Waals surface area contributed by atoms with E-state index >= 15 is 0 Å². The number of amides is 2. The van der Waals surface area contributed by atoms with E-state index in [4.69, 9.17) is 4.74 Å². The molecule has 2 aromatic rings. The van der Waals surface area contributed by atoms with E-state index in [1.807, 2.05) is 36.4 Å². The summed E-state index contributed by atoms with van der Waals surface area (Å²) in [5.41, 5.74) is 3.14. The average Bonchev–Trinajstić information content (AvgIpc) is 2.98. The van der Waals surface area contributed by atoms with Gasteiger partial charge in [-0.25, -0.2) is 0 Å². The first-order valence-electron chi connectivity index (χ1n) is 9.69. The lowest BCUT2D eigenvalue weighted by Crippen LogP contribution is -2.35. The zero-order valence-corrected chi connectivity index (χ0v) is 16.4. The minimum Gasteiger partial charge on any atom is -0.383 e. The van der Waals surface area contributed by atoms with Crippen LogP contribution in [0.5, 0.6) is 0 Å². The molecule has 0 aromatic heterocycles. The monoisotopic (exact) mass is 381 g/mol. The molecule has 0 radical (unpaired) electrons. The maximum absolute atomic E-state index is 12.7. The van der Waals surface area contributed by atoms with Gasteiger partial charge in [0.15, 0.2) is 0 Å². The molecule has 6 nitrogen and oxygen atoms in total. The summed E-state index contributed by atoms with van der Waals surface area (Å²) in [7, 11) is 1.63. The molecule has 0 bridgehead atoms. The first kappa shape index (κ1) is 19.9. The van der Waals surface area contributed by atoms with Crippen LogP contribution in [0, 0.1) is 0 Å². The Labute approximate surface area is 165 Å². The Balaban J connectivity index is 1.73. The van der Waals surface area contributed by atoms with Gasteiger partial charge in [-0.2, -0.15) is 0 Å². The fourth-order valence-corrected chi connectivity index (χ4v) is 3.30. The molecule has 1 heterocycles. The number of hydrogen-bond acceptors (Lipinski definition) is 4. The number of carbonyl (C=O) groups is 2. The van der Waals surface area contributed by atoms with Crippen molar-refractivity contribution in [3.8, 4) is 0 Å². The molecule has 2 amide bonds. The molecule has 3 rings (SSSR count). The van der Waals surface area contributed by atoms with Crippen molar-refractivity contribution in [1.29, 1.82) is 0 Å². The topological polar surface area (TPSA) is 70.7 Å². The predicted octanol–water partition coefficient (Wildman–Crippen LogP) is 3.43. The van der Waals surface area contributed by atoms with Crippen molar-refractivity contribution in [2.45, 2.75) is 25.9 Å². The van der Waals surface area contributed by atoms with Gasteiger partial charge in [0.1, 0.15) is 6.17 Å². The number of nitrogens with zero attached hydrogens (tertiary/aromatic N) is 1. The number of methoxy groups -OCH3 is 1. The highest BCUT2D eigenvalue weighted by Crippen LogP contribution is 2.34. The zero-order chi connectivity index (χ0) is 19.9. The van der Waals surface area contributed by atoms with Crippen molar-refractivity contribution in [1.82, 2.24) is 10.2 Å². The Morgan fingerprint density at radius 3 is 2.61 bits per heavy atom. The van der Waals surface area contributed by atoms with Crippen molar-refractivity contribution in [2.75, 3.05) is 32.1 Å². The molecule has 1 aliphatic heterocycles. The standard InChI is InChI=1S/C22H27N3O3/c1-3-4-13-23-21(26)16-9-11-17(12-10-16)24-20-18-7-5-6-8-19(18)22(27)25(20)14-15-28-2/h5-12,20,24H,3-4,13-15H2,1-2H3,(H,23,26). The van der Waals surface area contributed by atoms with Crippen LogP contribution < -0.4 is 10.6 Å². The molecule has 0 fully saturated rings. The maximum Gasteiger partial charge on any atom is 0.256 e. The van der Waals surface area contributed by atoms with Crippen molar-refractivity contribution >= 4 is 17.5 Å². The fraction of sp³-hybridized carbons (Fsp3) is 0.364. The second kappa shape index (κ2) is 9.37. The summed E-state index contributed by atoms with van der Waals surface area (Å²) < 4.78 is 5.17. The van der Waals surface area contributed by atoms with Crippen molar-refractivity contribution in [3.05, 3.63) is 65.2 Å². The predicted molar refractivity (Wildman–Crippen MR) is 109 cm³/mol. The lowest BCUT2D eigenvalue weighted by molar-refractivity contribution is 0.0674. The minimum absolute atomic E-state index is 0.00271. The Hall–Kier alpha value is -2.86. The summed E-state index contributed by atoms with van der Waals surface area (Å²) in [6, 6.07) is 15.0. The fourth-order valence-electron chi connectivity index (χ4n) is 3.30. The number of anilines is 1. The van der Waals surface area contributed by atoms with E-state index in [0.29, 0.717) is 30.8 Å². The summed E-state index contributed by atoms with van der Waals surface area (Å²) in [6.07, 6.45) is 1.75. The average molecular weight is 381 g/mol. The van der Waals surface area contributed by atoms with Crippen LogP contribution >= 0.6 is 0 Å². The van der Waals surface area contributed by atoms with Crippen molar-refractivity contribution < 1.29 is 14.3 Å². The Bertz CT molecular complexity index is 820. The van der Waals surface area contributed by atoms with Crippen LogP contribution in [-0.2, 0) is 4.74 Å². The van der Waals surface area contributed by atoms with Gasteiger partial charge >= 0.3 is 0 Å². The summed E-state index contributed by atoms with van der Waals surface area (Å²) in [4.78, 5) is 26.7. The van der Waals surface area contributed by atoms with Crippen LogP contribution in [0.25, 0.3) is 0 Å². The lowest BCUT2D eigenvalue weighted by Gasteiger charge is -2.27. The van der Waals surface area contributed by atoms with Crippen LogP contribution in [-0.4, -0.2) is 43.5 Å². The Kier molecular flexibility index (Phi) is 6.66. The van der Waals surface area contributed by atoms with Gasteiger partial charge in [0.2, 0.25) is 0 Å². The van der Waals surface area contributed by atoms with E-state index in [1.165, 1.54) is 0 Å². The molecule has 0 saturated carbocycles. The van der Waals surface area contributed by atoms with Gasteiger partial charge < -0.3 is 20.3 Å². The highest BCUT2D eigenvalue weighted by Gasteiger charge is 2.36. The SMILES string of the molecule is CCCCNC(=O)c1ccc(NC2c3ccccc3C(=O)N2CCOC)cc1. The molecule has 1 aliphatic rings. The van der Waals surface area contributed by atoms with Gasteiger partial charge in [-0.05, 0) is 36.8 Å². The first-order valence-corrected chi connectivity index (χ1v) is 9.69. The lowest BCUT2D eigenvalue weighted by atomic mass is 10.1. The largest absolute Gasteiger partial charge is 0.383 e. The molecule has 6 heteroatoms. The van der Waals surface area contributed by atoms with Crippen LogP contribution in [0.2, 0.25) is 0 Å². The Morgan fingerprint density at radius 1 is 1.14 bits per heavy atom. The summed E-state index contributed by atoms with van der Waals surface area (Å²) >= 11 is 0. The molecule has 148 valence electrons. The van der Waals surface area contributed by atoms with E-state index < -0.39 is 0 Å². The number of rotatable bonds is 9. The van der Waals surface area contributed by atoms with Crippen LogP contribution in [0.3, 0.4) is 0 Å². The molecule has 0 spiro atoms. The van der Waals surface area contributed by atoms with Gasteiger partial charge in [0, 0.05) is 42.6 Å². The molecule has 2 aromatic carbocycles. The third-order valence-corrected chi connectivity index (χ3v) is 4.86. The molecule has 1 unspecified atom stereocenters. The first-order chi connectivity index (χ1) is 13.7. The van der Waals surface area contributed by atoms with E-state index in [2.05, 4.69) is 17.6 Å². The third-order valence-electron chi connectivity index (χ3n) is 4.86. The Morgan fingerprint density at radius 2 is 1.89 bits per heavy atom. The molecule has 0 aliphatic carbocycles. The summed E-state index contributed by atoms with van der Waals surface area (Å²) in [6.45, 7) is 3.74. The second-order valence-electron chi connectivity index (χ2n) is 6.81. The molecule has 0 saturated heterocycles. The summed E-state index contributed by atoms with van der Waals surface area (Å²) in [5, 5.41) is 6.34. The zero-order valence-electron chi connectivity index (χ0n) is 16.4. The van der Waals surface area contributed by atoms with Gasteiger partial charge in [-0.1, -0.05) is 31.5 Å². The van der Waals surface area contributed by atoms with E-state index in [9.17, 15) is 9.59 Å². The van der Waals surface area contributed by atoms with E-state index in [1.54, 1.807) is 24.1 Å². The quantitative estimate of drug-likeness (QED) is 0.653. The molecular weight excluding hydrogens is 354 g/mol. The van der Waals surface area contributed by atoms with Crippen LogP contribution in [0.1, 0.15) is 52.2 Å². The van der Waals surface area contributed by atoms with E-state index in [0.717, 1.165) is 24.1 Å². The van der Waals surface area contributed by atoms with E-state index in [-0.39, 0.29) is 18.0 Å². The number of carbonyl (C=O) groups excluding carboxylic acids is 2. The van der Waals surface area contributed by atoms with Crippen LogP contribution in [0.15, 0.2) is 48.5 Å². The molecule has 28 heavy (non-hydrogen) atoms. The molecule has 1 atom stereocenters. The number of hydrogen-bond donors (Lipinski definition) is 2. The molecular formula is C22H27N3O3. The molecule has 2 N–H and O–H groups in total. The van der Waals surface area contributed by atoms with Gasteiger partial charge in [0.25, 0.3) is 11.8 Å². The minimum atomic E-state index is -0.261. The van der Waals surface area contributed by atoms with Crippen molar-refractivity contribution in [3.63, 3.8) is 0 Å². The number of nitrogens with one attached hydrogen (secondary N) is 2. The highest BCUT2D eigenvalue weighted by molar-refractivity contribution is 5.99. The van der Waals surface area contributed by atoms with Crippen LogP contribution in [0.4, 0.5) is 5.69 Å². The normalized spacial score (nSPS) is 15.4. The van der Waals surface area contributed by atoms with Gasteiger partial charge in [-0.15, -0.1) is 0 Å². The third kappa shape index (κ3) is 4.34. The number of ether oxygens (including phenoxy) is 1. The maximum atomic E-state index is 12.7. The summed E-state index contributed by atoms with van der Waals surface area (Å²) in [5.74, 6) is -0.0693. The van der Waals surface area contributed by atoms with Gasteiger partial charge in [-0.3, -0.25) is 9.59 Å². The van der Waals surface area contributed by atoms with Crippen molar-refractivity contribution in [2.24, 2.45) is 0 Å². The number of fused-ring (bicyclic) bond motifs is 1. The second-order valence-corrected chi connectivity index (χ2v) is 6.81. The smallest absolute Gasteiger partial charge is 0.256 e. The number of benzene rings is 2. The highest BCUT2D eigenvalue weighted by atomic mass is 16.5. The van der Waals surface area contributed by atoms with Gasteiger partial charge in [0.05, 0.1) is 6.61 Å².